The molecular weight excluding hydrogens is 394 g/mol. The SMILES string of the molecule is CCCCOc1c(Cl)cc(C=C(NC(=O)c2ccccc2)C(=O)O)cc1OCC. The van der Waals surface area contributed by atoms with Crippen LogP contribution < -0.4 is 14.8 Å². The van der Waals surface area contributed by atoms with Crippen LogP contribution in [0, 0.1) is 0 Å². The van der Waals surface area contributed by atoms with Crippen LogP contribution in [0.1, 0.15) is 42.6 Å². The predicted molar refractivity (Wildman–Crippen MR) is 113 cm³/mol. The number of rotatable bonds is 10. The molecule has 0 bridgehead atoms. The highest BCUT2D eigenvalue weighted by Gasteiger charge is 2.16. The number of carbonyl (C=O) groups excluding carboxylic acids is 1. The number of hydrogen-bond donors (Lipinski definition) is 2. The summed E-state index contributed by atoms with van der Waals surface area (Å²) in [6.45, 7) is 4.78. The Morgan fingerprint density at radius 3 is 2.48 bits per heavy atom. The Morgan fingerprint density at radius 2 is 1.86 bits per heavy atom. The summed E-state index contributed by atoms with van der Waals surface area (Å²) < 4.78 is 11.3. The molecule has 0 atom stereocenters. The third kappa shape index (κ3) is 6.54. The lowest BCUT2D eigenvalue weighted by molar-refractivity contribution is -0.132. The lowest BCUT2D eigenvalue weighted by atomic mass is 10.1. The lowest BCUT2D eigenvalue weighted by Crippen LogP contribution is -2.27. The molecule has 0 aliphatic heterocycles. The molecule has 0 fully saturated rings. The van der Waals surface area contributed by atoms with Gasteiger partial charge in [-0.05, 0) is 49.2 Å². The van der Waals surface area contributed by atoms with E-state index in [0.717, 1.165) is 12.8 Å². The van der Waals surface area contributed by atoms with E-state index in [-0.39, 0.29) is 5.70 Å². The fraction of sp³-hybridized carbons (Fsp3) is 0.273. The largest absolute Gasteiger partial charge is 0.490 e. The second-order valence-electron chi connectivity index (χ2n) is 6.15. The fourth-order valence-corrected chi connectivity index (χ4v) is 2.77. The molecule has 0 spiro atoms. The lowest BCUT2D eigenvalue weighted by Gasteiger charge is -2.14. The van der Waals surface area contributed by atoms with Crippen molar-refractivity contribution in [2.24, 2.45) is 0 Å². The van der Waals surface area contributed by atoms with Gasteiger partial charge in [0.15, 0.2) is 11.5 Å². The van der Waals surface area contributed by atoms with Gasteiger partial charge in [-0.25, -0.2) is 4.79 Å². The van der Waals surface area contributed by atoms with Crippen molar-refractivity contribution in [3.8, 4) is 11.5 Å². The summed E-state index contributed by atoms with van der Waals surface area (Å²) in [5.74, 6) is -0.952. The van der Waals surface area contributed by atoms with E-state index in [1.165, 1.54) is 6.08 Å². The maximum absolute atomic E-state index is 12.3. The Hall–Kier alpha value is -2.99. The Kier molecular flexibility index (Phi) is 8.55. The van der Waals surface area contributed by atoms with Crippen LogP contribution in [0.3, 0.4) is 0 Å². The zero-order valence-electron chi connectivity index (χ0n) is 16.4. The minimum atomic E-state index is -1.27. The molecule has 29 heavy (non-hydrogen) atoms. The zero-order valence-corrected chi connectivity index (χ0v) is 17.2. The van der Waals surface area contributed by atoms with Crippen LogP contribution in [-0.4, -0.2) is 30.2 Å². The molecule has 0 radical (unpaired) electrons. The summed E-state index contributed by atoms with van der Waals surface area (Å²) in [6.07, 6.45) is 3.18. The van der Waals surface area contributed by atoms with Gasteiger partial charge in [0, 0.05) is 5.56 Å². The maximum atomic E-state index is 12.3. The number of ether oxygens (including phenoxy) is 2. The molecule has 0 unspecified atom stereocenters. The molecule has 2 N–H and O–H groups in total. The van der Waals surface area contributed by atoms with Crippen LogP contribution in [0.15, 0.2) is 48.2 Å². The van der Waals surface area contributed by atoms with Gasteiger partial charge in [-0.3, -0.25) is 4.79 Å². The number of nitrogens with one attached hydrogen (secondary N) is 1. The van der Waals surface area contributed by atoms with Crippen LogP contribution >= 0.6 is 11.6 Å². The fourth-order valence-electron chi connectivity index (χ4n) is 2.49. The molecule has 2 aromatic carbocycles. The summed E-state index contributed by atoms with van der Waals surface area (Å²) in [6, 6.07) is 11.6. The van der Waals surface area contributed by atoms with E-state index in [2.05, 4.69) is 12.2 Å². The van der Waals surface area contributed by atoms with Crippen molar-refractivity contribution < 1.29 is 24.2 Å². The van der Waals surface area contributed by atoms with Crippen molar-refractivity contribution >= 4 is 29.6 Å². The molecule has 2 aromatic rings. The molecule has 0 saturated carbocycles. The number of carbonyl (C=O) groups is 2. The molecule has 154 valence electrons. The molecule has 1 amide bonds. The average Bonchev–Trinajstić information content (AvgIpc) is 2.70. The van der Waals surface area contributed by atoms with Crippen molar-refractivity contribution in [1.29, 1.82) is 0 Å². The number of amides is 1. The summed E-state index contributed by atoms with van der Waals surface area (Å²) in [7, 11) is 0. The van der Waals surface area contributed by atoms with Crippen LogP contribution in [0.4, 0.5) is 0 Å². The average molecular weight is 418 g/mol. The minimum absolute atomic E-state index is 0.281. The molecule has 0 aliphatic carbocycles. The monoisotopic (exact) mass is 417 g/mol. The van der Waals surface area contributed by atoms with E-state index in [1.807, 2.05) is 6.92 Å². The van der Waals surface area contributed by atoms with E-state index < -0.39 is 11.9 Å². The predicted octanol–water partition coefficient (Wildman–Crippen LogP) is 4.77. The Balaban J connectivity index is 2.32. The van der Waals surface area contributed by atoms with Crippen molar-refractivity contribution in [2.75, 3.05) is 13.2 Å². The Labute approximate surface area is 175 Å². The molecule has 0 aromatic heterocycles. The van der Waals surface area contributed by atoms with Gasteiger partial charge in [0.2, 0.25) is 0 Å². The van der Waals surface area contributed by atoms with E-state index in [1.54, 1.807) is 42.5 Å². The number of aliphatic carboxylic acids is 1. The smallest absolute Gasteiger partial charge is 0.352 e. The zero-order chi connectivity index (χ0) is 21.2. The molecule has 0 aliphatic rings. The molecule has 6 nitrogen and oxygen atoms in total. The van der Waals surface area contributed by atoms with Crippen molar-refractivity contribution in [1.82, 2.24) is 5.32 Å². The van der Waals surface area contributed by atoms with Crippen molar-refractivity contribution in [3.05, 3.63) is 64.3 Å². The highest BCUT2D eigenvalue weighted by atomic mass is 35.5. The number of unbranched alkanes of at least 4 members (excludes halogenated alkanes) is 1. The summed E-state index contributed by atoms with van der Waals surface area (Å²) in [5, 5.41) is 12.2. The van der Waals surface area contributed by atoms with Gasteiger partial charge in [-0.15, -0.1) is 0 Å². The first-order valence-electron chi connectivity index (χ1n) is 9.36. The number of halogens is 1. The number of carboxylic acid groups (broad SMARTS) is 1. The molecule has 0 saturated heterocycles. The van der Waals surface area contributed by atoms with Gasteiger partial charge >= 0.3 is 5.97 Å². The van der Waals surface area contributed by atoms with E-state index in [0.29, 0.717) is 40.9 Å². The minimum Gasteiger partial charge on any atom is -0.490 e. The first-order chi connectivity index (χ1) is 14.0. The number of hydrogen-bond acceptors (Lipinski definition) is 4. The summed E-state index contributed by atoms with van der Waals surface area (Å²) in [5.41, 5.74) is 0.538. The first-order valence-corrected chi connectivity index (χ1v) is 9.74. The summed E-state index contributed by atoms with van der Waals surface area (Å²) >= 11 is 6.34. The normalized spacial score (nSPS) is 11.1. The number of benzene rings is 2. The standard InChI is InChI=1S/C22H24ClNO5/c1-3-5-11-29-20-17(23)12-15(14-19(20)28-4-2)13-18(22(26)27)24-21(25)16-9-7-6-8-10-16/h6-10,12-14H,3-5,11H2,1-2H3,(H,24,25)(H,26,27). The molecular formula is C22H24ClNO5. The van der Waals surface area contributed by atoms with Crippen molar-refractivity contribution in [3.63, 3.8) is 0 Å². The summed E-state index contributed by atoms with van der Waals surface area (Å²) in [4.78, 5) is 23.9. The van der Waals surface area contributed by atoms with Crippen LogP contribution in [0.2, 0.25) is 5.02 Å². The van der Waals surface area contributed by atoms with Crippen molar-refractivity contribution in [2.45, 2.75) is 26.7 Å². The second-order valence-corrected chi connectivity index (χ2v) is 6.56. The second kappa shape index (κ2) is 11.1. The Morgan fingerprint density at radius 1 is 1.14 bits per heavy atom. The maximum Gasteiger partial charge on any atom is 0.352 e. The first kappa shape index (κ1) is 22.3. The van der Waals surface area contributed by atoms with Gasteiger partial charge in [0.1, 0.15) is 5.70 Å². The third-order valence-corrected chi connectivity index (χ3v) is 4.18. The Bertz CT molecular complexity index is 880. The highest BCUT2D eigenvalue weighted by Crippen LogP contribution is 2.37. The highest BCUT2D eigenvalue weighted by molar-refractivity contribution is 6.32. The van der Waals surface area contributed by atoms with Gasteiger partial charge in [-0.1, -0.05) is 43.1 Å². The quantitative estimate of drug-likeness (QED) is 0.429. The van der Waals surface area contributed by atoms with Crippen LogP contribution in [0.25, 0.3) is 6.08 Å². The van der Waals surface area contributed by atoms with Gasteiger partial charge in [-0.2, -0.15) is 0 Å². The van der Waals surface area contributed by atoms with Gasteiger partial charge in [0.25, 0.3) is 5.91 Å². The molecule has 7 heteroatoms. The van der Waals surface area contributed by atoms with Gasteiger partial charge in [0.05, 0.1) is 18.2 Å². The van der Waals surface area contributed by atoms with E-state index >= 15 is 0 Å². The topological polar surface area (TPSA) is 84.9 Å². The number of carboxylic acids is 1. The molecule has 2 rings (SSSR count). The van der Waals surface area contributed by atoms with E-state index in [4.69, 9.17) is 21.1 Å². The van der Waals surface area contributed by atoms with Gasteiger partial charge < -0.3 is 19.9 Å². The van der Waals surface area contributed by atoms with Crippen LogP contribution in [0.5, 0.6) is 11.5 Å². The molecule has 0 heterocycles. The van der Waals surface area contributed by atoms with Crippen LogP contribution in [-0.2, 0) is 4.79 Å². The third-order valence-electron chi connectivity index (χ3n) is 3.90. The van der Waals surface area contributed by atoms with E-state index in [9.17, 15) is 14.7 Å².